The second-order valence-corrected chi connectivity index (χ2v) is 6.80. The maximum Gasteiger partial charge on any atom is 0.313 e. The predicted molar refractivity (Wildman–Crippen MR) is 100 cm³/mol. The number of carbonyl (C=O) groups excluding carboxylic acids is 1. The molecule has 0 aliphatic carbocycles. The van der Waals surface area contributed by atoms with Crippen LogP contribution in [-0.4, -0.2) is 32.5 Å². The summed E-state index contributed by atoms with van der Waals surface area (Å²) in [5.41, 5.74) is 3.86. The Morgan fingerprint density at radius 3 is 2.76 bits per heavy atom. The van der Waals surface area contributed by atoms with Crippen molar-refractivity contribution in [3.05, 3.63) is 46.8 Å². The second-order valence-electron chi connectivity index (χ2n) is 5.81. The summed E-state index contributed by atoms with van der Waals surface area (Å²) in [6.07, 6.45) is 0.957. The first-order valence-electron chi connectivity index (χ1n) is 8.16. The number of thioether (sulfide) groups is 1. The lowest BCUT2D eigenvalue weighted by atomic mass is 10.1. The molecule has 0 unspecified atom stereocenters. The van der Waals surface area contributed by atoms with Crippen LogP contribution in [0, 0.1) is 13.8 Å². The van der Waals surface area contributed by atoms with Gasteiger partial charge in [0, 0.05) is 23.7 Å². The van der Waals surface area contributed by atoms with Crippen molar-refractivity contribution in [2.24, 2.45) is 0 Å². The highest BCUT2D eigenvalue weighted by Gasteiger charge is 2.18. The van der Waals surface area contributed by atoms with Crippen LogP contribution in [0.1, 0.15) is 40.7 Å². The van der Waals surface area contributed by atoms with Gasteiger partial charge in [-0.3, -0.25) is 14.3 Å². The molecule has 0 aliphatic rings. The van der Waals surface area contributed by atoms with E-state index in [0.717, 1.165) is 29.9 Å². The summed E-state index contributed by atoms with van der Waals surface area (Å²) in [6, 6.07) is 7.46. The van der Waals surface area contributed by atoms with Gasteiger partial charge in [0.15, 0.2) is 0 Å². The van der Waals surface area contributed by atoms with E-state index in [4.69, 9.17) is 5.11 Å². The summed E-state index contributed by atoms with van der Waals surface area (Å²) in [5, 5.41) is 16.0. The van der Waals surface area contributed by atoms with Crippen molar-refractivity contribution >= 4 is 29.3 Å². The molecule has 6 nitrogen and oxygen atoms in total. The molecule has 134 valence electrons. The summed E-state index contributed by atoms with van der Waals surface area (Å²) >= 11 is 1.33. The zero-order chi connectivity index (χ0) is 18.4. The van der Waals surface area contributed by atoms with Crippen LogP contribution in [0.5, 0.6) is 0 Å². The highest BCUT2D eigenvalue weighted by atomic mass is 32.2. The van der Waals surface area contributed by atoms with E-state index in [1.165, 1.54) is 11.8 Å². The molecule has 1 aromatic carbocycles. The highest BCUT2D eigenvalue weighted by molar-refractivity contribution is 7.99. The Morgan fingerprint density at radius 1 is 1.32 bits per heavy atom. The van der Waals surface area contributed by atoms with Gasteiger partial charge in [-0.1, -0.05) is 19.1 Å². The fourth-order valence-corrected chi connectivity index (χ4v) is 3.34. The van der Waals surface area contributed by atoms with Gasteiger partial charge in [0.1, 0.15) is 0 Å². The van der Waals surface area contributed by atoms with Gasteiger partial charge in [0.05, 0.1) is 17.0 Å². The Kier molecular flexibility index (Phi) is 6.64. The highest BCUT2D eigenvalue weighted by Crippen LogP contribution is 2.19. The van der Waals surface area contributed by atoms with Crippen molar-refractivity contribution in [3.63, 3.8) is 0 Å². The fraction of sp³-hybridized carbons (Fsp3) is 0.389. The molecular formula is C18H23N3O3S. The van der Waals surface area contributed by atoms with Gasteiger partial charge in [-0.15, -0.1) is 11.8 Å². The van der Waals surface area contributed by atoms with Gasteiger partial charge >= 0.3 is 5.97 Å². The summed E-state index contributed by atoms with van der Waals surface area (Å²) in [6.45, 7) is 6.61. The van der Waals surface area contributed by atoms with Gasteiger partial charge in [0.25, 0.3) is 5.91 Å². The molecule has 0 atom stereocenters. The zero-order valence-corrected chi connectivity index (χ0v) is 15.5. The number of aryl methyl sites for hydroxylation is 2. The lowest BCUT2D eigenvalue weighted by Crippen LogP contribution is -2.14. The third-order valence-corrected chi connectivity index (χ3v) is 4.71. The van der Waals surface area contributed by atoms with Gasteiger partial charge < -0.3 is 10.4 Å². The third kappa shape index (κ3) is 5.09. The molecule has 7 heteroatoms. The SMILES string of the molecule is CCCn1nc(C)c(C(=O)Nc2cccc(CSCC(=O)O)c2)c1C. The van der Waals surface area contributed by atoms with E-state index in [2.05, 4.69) is 17.3 Å². The molecule has 1 heterocycles. The molecular weight excluding hydrogens is 338 g/mol. The molecule has 2 N–H and O–H groups in total. The van der Waals surface area contributed by atoms with E-state index >= 15 is 0 Å². The maximum absolute atomic E-state index is 12.6. The van der Waals surface area contributed by atoms with Gasteiger partial charge in [0.2, 0.25) is 0 Å². The van der Waals surface area contributed by atoms with Crippen molar-refractivity contribution in [2.45, 2.75) is 39.5 Å². The van der Waals surface area contributed by atoms with Crippen molar-refractivity contribution in [1.82, 2.24) is 9.78 Å². The molecule has 2 aromatic rings. The minimum atomic E-state index is -0.829. The molecule has 1 aromatic heterocycles. The van der Waals surface area contributed by atoms with Crippen LogP contribution >= 0.6 is 11.8 Å². The van der Waals surface area contributed by atoms with E-state index in [1.807, 2.05) is 42.8 Å². The number of anilines is 1. The average Bonchev–Trinajstić information content (AvgIpc) is 2.82. The van der Waals surface area contributed by atoms with Crippen molar-refractivity contribution in [2.75, 3.05) is 11.1 Å². The average molecular weight is 361 g/mol. The third-order valence-electron chi connectivity index (χ3n) is 3.72. The van der Waals surface area contributed by atoms with Crippen molar-refractivity contribution in [3.8, 4) is 0 Å². The number of aliphatic carboxylic acids is 1. The molecule has 0 radical (unpaired) electrons. The maximum atomic E-state index is 12.6. The lowest BCUT2D eigenvalue weighted by molar-refractivity contribution is -0.133. The number of carboxylic acids is 1. The molecule has 1 amide bonds. The largest absolute Gasteiger partial charge is 0.481 e. The number of carbonyl (C=O) groups is 2. The smallest absolute Gasteiger partial charge is 0.313 e. The quantitative estimate of drug-likeness (QED) is 0.752. The molecule has 0 aliphatic heterocycles. The van der Waals surface area contributed by atoms with E-state index in [1.54, 1.807) is 0 Å². The number of hydrogen-bond donors (Lipinski definition) is 2. The molecule has 25 heavy (non-hydrogen) atoms. The predicted octanol–water partition coefficient (Wildman–Crippen LogP) is 3.48. The zero-order valence-electron chi connectivity index (χ0n) is 14.7. The van der Waals surface area contributed by atoms with Gasteiger partial charge in [-0.2, -0.15) is 5.10 Å². The van der Waals surface area contributed by atoms with Crippen LogP contribution in [0.15, 0.2) is 24.3 Å². The first-order chi connectivity index (χ1) is 11.9. The van der Waals surface area contributed by atoms with E-state index in [-0.39, 0.29) is 11.7 Å². The molecule has 0 spiro atoms. The van der Waals surface area contributed by atoms with Crippen molar-refractivity contribution in [1.29, 1.82) is 0 Å². The van der Waals surface area contributed by atoms with Crippen LogP contribution in [0.3, 0.4) is 0 Å². The first kappa shape index (κ1) is 19.1. The molecule has 0 saturated heterocycles. The normalized spacial score (nSPS) is 10.7. The summed E-state index contributed by atoms with van der Waals surface area (Å²) in [7, 11) is 0. The first-order valence-corrected chi connectivity index (χ1v) is 9.31. The van der Waals surface area contributed by atoms with Crippen LogP contribution < -0.4 is 5.32 Å². The molecule has 0 fully saturated rings. The Bertz CT molecular complexity index is 771. The summed E-state index contributed by atoms with van der Waals surface area (Å²) in [5.74, 6) is -0.356. The number of nitrogens with zero attached hydrogens (tertiary/aromatic N) is 2. The topological polar surface area (TPSA) is 84.2 Å². The number of nitrogens with one attached hydrogen (secondary N) is 1. The van der Waals surface area contributed by atoms with Gasteiger partial charge in [-0.05, 0) is 38.0 Å². The van der Waals surface area contributed by atoms with E-state index < -0.39 is 5.97 Å². The van der Waals surface area contributed by atoms with Crippen LogP contribution in [-0.2, 0) is 17.1 Å². The fourth-order valence-electron chi connectivity index (χ4n) is 2.64. The Labute approximate surface area is 151 Å². The van der Waals surface area contributed by atoms with Crippen molar-refractivity contribution < 1.29 is 14.7 Å². The number of hydrogen-bond acceptors (Lipinski definition) is 4. The van der Waals surface area contributed by atoms with Crippen LogP contribution in [0.25, 0.3) is 0 Å². The standard InChI is InChI=1S/C18H23N3O3S/c1-4-8-21-13(3)17(12(2)20-21)18(24)19-15-7-5-6-14(9-15)10-25-11-16(22)23/h5-7,9H,4,8,10-11H2,1-3H3,(H,19,24)(H,22,23). The Morgan fingerprint density at radius 2 is 2.08 bits per heavy atom. The Balaban J connectivity index is 2.09. The van der Waals surface area contributed by atoms with E-state index in [0.29, 0.717) is 17.0 Å². The second kappa shape index (κ2) is 8.71. The molecule has 2 rings (SSSR count). The monoisotopic (exact) mass is 361 g/mol. The molecule has 0 saturated carbocycles. The lowest BCUT2D eigenvalue weighted by Gasteiger charge is -2.08. The number of amides is 1. The van der Waals surface area contributed by atoms with E-state index in [9.17, 15) is 9.59 Å². The minimum absolute atomic E-state index is 0.0611. The van der Waals surface area contributed by atoms with Gasteiger partial charge in [-0.25, -0.2) is 0 Å². The van der Waals surface area contributed by atoms with Crippen LogP contribution in [0.2, 0.25) is 0 Å². The Hall–Kier alpha value is -2.28. The van der Waals surface area contributed by atoms with Crippen LogP contribution in [0.4, 0.5) is 5.69 Å². The summed E-state index contributed by atoms with van der Waals surface area (Å²) < 4.78 is 1.86. The molecule has 0 bridgehead atoms. The number of aromatic nitrogens is 2. The number of benzene rings is 1. The minimum Gasteiger partial charge on any atom is -0.481 e. The number of rotatable bonds is 8. The number of carboxylic acid groups (broad SMARTS) is 1. The summed E-state index contributed by atoms with van der Waals surface area (Å²) in [4.78, 5) is 23.2.